The minimum Gasteiger partial charge on any atom is -0.486 e. The lowest BCUT2D eigenvalue weighted by molar-refractivity contribution is 0.0388. The van der Waals surface area contributed by atoms with E-state index in [0.717, 1.165) is 0 Å². The van der Waals surface area contributed by atoms with Gasteiger partial charge in [0, 0.05) is 31.9 Å². The second-order valence-electron chi connectivity index (χ2n) is 9.45. The van der Waals surface area contributed by atoms with Gasteiger partial charge in [-0.25, -0.2) is 13.4 Å². The van der Waals surface area contributed by atoms with Crippen LogP contribution in [0.4, 0.5) is 5.69 Å². The summed E-state index contributed by atoms with van der Waals surface area (Å²) in [5, 5.41) is 12.6. The van der Waals surface area contributed by atoms with Gasteiger partial charge in [0.15, 0.2) is 5.75 Å². The van der Waals surface area contributed by atoms with Crippen LogP contribution in [0.5, 0.6) is 5.75 Å². The van der Waals surface area contributed by atoms with Gasteiger partial charge in [-0.3, -0.25) is 14.6 Å². The summed E-state index contributed by atoms with van der Waals surface area (Å²) >= 11 is 0. The average molecular weight is 554 g/mol. The van der Waals surface area contributed by atoms with E-state index >= 15 is 0 Å². The second-order valence-corrected chi connectivity index (χ2v) is 11.5. The van der Waals surface area contributed by atoms with Gasteiger partial charge in [0.05, 0.1) is 41.5 Å². The van der Waals surface area contributed by atoms with Crippen molar-refractivity contribution in [2.24, 2.45) is 5.92 Å². The molecule has 3 atom stereocenters. The van der Waals surface area contributed by atoms with Crippen LogP contribution in [0.2, 0.25) is 0 Å². The van der Waals surface area contributed by atoms with Crippen molar-refractivity contribution in [1.82, 2.24) is 19.2 Å². The fourth-order valence-electron chi connectivity index (χ4n) is 4.29. The molecule has 1 aliphatic rings. The van der Waals surface area contributed by atoms with Crippen molar-refractivity contribution in [2.45, 2.75) is 30.9 Å². The Morgan fingerprint density at radius 3 is 2.62 bits per heavy atom. The first kappa shape index (κ1) is 28.1. The normalized spacial score (nSPS) is 18.5. The number of fused-ring (bicyclic) bond motifs is 1. The van der Waals surface area contributed by atoms with E-state index in [1.54, 1.807) is 48.2 Å². The molecule has 11 nitrogen and oxygen atoms in total. The largest absolute Gasteiger partial charge is 0.486 e. The number of sulfonamides is 1. The molecule has 39 heavy (non-hydrogen) atoms. The predicted octanol–water partition coefficient (Wildman–Crippen LogP) is 2.27. The van der Waals surface area contributed by atoms with Gasteiger partial charge in [0.2, 0.25) is 10.0 Å². The highest BCUT2D eigenvalue weighted by atomic mass is 32.2. The fraction of sp³-hybridized carbons (Fsp3) is 0.333. The number of para-hydroxylation sites is 1. The Hall–Kier alpha value is -3.87. The maximum absolute atomic E-state index is 13.6. The topological polar surface area (TPSA) is 142 Å². The molecule has 2 aromatic carbocycles. The number of likely N-dealkylation sites (N-methyl/N-ethyl adjacent to an activating group) is 1. The van der Waals surface area contributed by atoms with E-state index in [0.29, 0.717) is 0 Å². The Balaban J connectivity index is 1.73. The Morgan fingerprint density at radius 1 is 1.21 bits per heavy atom. The van der Waals surface area contributed by atoms with Crippen LogP contribution in [0.25, 0.3) is 0 Å². The molecular weight excluding hydrogens is 522 g/mol. The van der Waals surface area contributed by atoms with Crippen molar-refractivity contribution in [3.05, 3.63) is 78.4 Å². The molecule has 4 rings (SSSR count). The molecule has 0 unspecified atom stereocenters. The van der Waals surface area contributed by atoms with Crippen LogP contribution >= 0.6 is 0 Å². The molecular formula is C27H31N5O6S. The minimum atomic E-state index is -3.82. The molecule has 0 spiro atoms. The molecule has 0 aliphatic carbocycles. The number of hydrogen-bond acceptors (Lipinski definition) is 8. The number of ether oxygens (including phenoxy) is 1. The smallest absolute Gasteiger partial charge is 0.275 e. The molecule has 206 valence electrons. The van der Waals surface area contributed by atoms with Crippen LogP contribution in [0, 0.1) is 5.92 Å². The number of carbonyl (C=O) groups is 2. The average Bonchev–Trinajstić information content (AvgIpc) is 2.95. The summed E-state index contributed by atoms with van der Waals surface area (Å²) in [6.45, 7) is 3.52. The molecule has 0 saturated heterocycles. The number of aliphatic hydroxyl groups is 1. The monoisotopic (exact) mass is 553 g/mol. The van der Waals surface area contributed by atoms with E-state index in [1.807, 2.05) is 6.92 Å². The van der Waals surface area contributed by atoms with E-state index in [9.17, 15) is 23.1 Å². The highest BCUT2D eigenvalue weighted by Crippen LogP contribution is 2.35. The van der Waals surface area contributed by atoms with Gasteiger partial charge in [-0.1, -0.05) is 31.2 Å². The van der Waals surface area contributed by atoms with Crippen molar-refractivity contribution in [3.8, 4) is 5.75 Å². The van der Waals surface area contributed by atoms with Crippen molar-refractivity contribution >= 4 is 27.5 Å². The first-order valence-electron chi connectivity index (χ1n) is 12.4. The number of aromatic nitrogens is 2. The highest BCUT2D eigenvalue weighted by molar-refractivity contribution is 7.89. The summed E-state index contributed by atoms with van der Waals surface area (Å²) in [5.41, 5.74) is 0.472. The number of aliphatic hydroxyl groups excluding tert-OH is 1. The number of benzene rings is 2. The first-order chi connectivity index (χ1) is 18.6. The number of anilines is 1. The van der Waals surface area contributed by atoms with Crippen molar-refractivity contribution < 1.29 is 27.9 Å². The number of nitrogens with one attached hydrogen (secondary N) is 1. The molecule has 1 aliphatic heterocycles. The summed E-state index contributed by atoms with van der Waals surface area (Å²) in [6.07, 6.45) is 3.44. The van der Waals surface area contributed by atoms with Crippen LogP contribution in [-0.2, 0) is 10.0 Å². The predicted molar refractivity (Wildman–Crippen MR) is 144 cm³/mol. The molecule has 2 heterocycles. The maximum Gasteiger partial charge on any atom is 0.275 e. The zero-order valence-electron chi connectivity index (χ0n) is 21.9. The Bertz CT molecular complexity index is 1420. The van der Waals surface area contributed by atoms with Crippen LogP contribution < -0.4 is 10.1 Å². The quantitative estimate of drug-likeness (QED) is 0.433. The molecule has 0 saturated carbocycles. The molecule has 0 radical (unpaired) electrons. The Morgan fingerprint density at radius 2 is 1.95 bits per heavy atom. The van der Waals surface area contributed by atoms with E-state index in [2.05, 4.69) is 15.3 Å². The molecule has 0 bridgehead atoms. The SMILES string of the molecule is C[C@H]1CN([C@@H](C)CO)C(=O)c2cccc(NC(=O)c3cnccn3)c2O[C@H]1CN(C)S(=O)(=O)c1ccccc1. The van der Waals surface area contributed by atoms with Crippen molar-refractivity contribution in [2.75, 3.05) is 32.1 Å². The Labute approximate surface area is 227 Å². The van der Waals surface area contributed by atoms with E-state index in [4.69, 9.17) is 4.74 Å². The van der Waals surface area contributed by atoms with E-state index in [1.165, 1.54) is 42.1 Å². The third kappa shape index (κ3) is 6.08. The lowest BCUT2D eigenvalue weighted by Gasteiger charge is -2.38. The van der Waals surface area contributed by atoms with Gasteiger partial charge >= 0.3 is 0 Å². The number of amides is 2. The van der Waals surface area contributed by atoms with Crippen LogP contribution in [0.15, 0.2) is 72.0 Å². The van der Waals surface area contributed by atoms with Gasteiger partial charge in [0.25, 0.3) is 11.8 Å². The third-order valence-corrected chi connectivity index (χ3v) is 8.46. The summed E-state index contributed by atoms with van der Waals surface area (Å²) in [5.74, 6) is -1.16. The van der Waals surface area contributed by atoms with E-state index in [-0.39, 0.29) is 59.1 Å². The maximum atomic E-state index is 13.6. The second kappa shape index (κ2) is 11.9. The van der Waals surface area contributed by atoms with Crippen LogP contribution in [0.1, 0.15) is 34.7 Å². The zero-order valence-corrected chi connectivity index (χ0v) is 22.7. The number of rotatable bonds is 8. The summed E-state index contributed by atoms with van der Waals surface area (Å²) in [7, 11) is -2.35. The standard InChI is InChI=1S/C27H31N5O6S/c1-18-15-32(19(2)17-33)27(35)21-10-7-11-22(30-26(34)23-14-28-12-13-29-23)25(21)38-24(18)16-31(3)39(36,37)20-8-5-4-6-9-20/h4-14,18-19,24,33H,15-17H2,1-3H3,(H,30,34)/t18-,19-,24-/m0/s1. The van der Waals surface area contributed by atoms with Gasteiger partial charge in [0.1, 0.15) is 11.8 Å². The molecule has 2 amide bonds. The molecule has 1 aromatic heterocycles. The van der Waals surface area contributed by atoms with Gasteiger partial charge in [-0.15, -0.1) is 0 Å². The third-order valence-electron chi connectivity index (χ3n) is 6.62. The van der Waals surface area contributed by atoms with Crippen LogP contribution in [0.3, 0.4) is 0 Å². The summed E-state index contributed by atoms with van der Waals surface area (Å²) < 4.78 is 34.1. The Kier molecular flexibility index (Phi) is 8.58. The van der Waals surface area contributed by atoms with Crippen molar-refractivity contribution in [1.29, 1.82) is 0 Å². The zero-order chi connectivity index (χ0) is 28.2. The van der Waals surface area contributed by atoms with Gasteiger partial charge in [-0.2, -0.15) is 4.31 Å². The van der Waals surface area contributed by atoms with Gasteiger partial charge in [-0.05, 0) is 31.2 Å². The lowest BCUT2D eigenvalue weighted by atomic mass is 9.99. The van der Waals surface area contributed by atoms with E-state index < -0.39 is 28.1 Å². The van der Waals surface area contributed by atoms with Crippen LogP contribution in [-0.4, -0.2) is 83.4 Å². The highest BCUT2D eigenvalue weighted by Gasteiger charge is 2.36. The minimum absolute atomic E-state index is 0.0280. The fourth-order valence-corrected chi connectivity index (χ4v) is 5.49. The number of hydrogen-bond donors (Lipinski definition) is 2. The molecule has 2 N–H and O–H groups in total. The summed E-state index contributed by atoms with van der Waals surface area (Å²) in [4.78, 5) is 36.1. The molecule has 12 heteroatoms. The number of carbonyl (C=O) groups excluding carboxylic acids is 2. The van der Waals surface area contributed by atoms with Gasteiger partial charge < -0.3 is 20.1 Å². The summed E-state index contributed by atoms with van der Waals surface area (Å²) in [6, 6.07) is 12.4. The molecule has 0 fully saturated rings. The first-order valence-corrected chi connectivity index (χ1v) is 13.9. The van der Waals surface area contributed by atoms with Crippen molar-refractivity contribution in [3.63, 3.8) is 0 Å². The number of nitrogens with zero attached hydrogens (tertiary/aromatic N) is 4. The molecule has 3 aromatic rings. The lowest BCUT2D eigenvalue weighted by Crippen LogP contribution is -2.50.